The van der Waals surface area contributed by atoms with Gasteiger partial charge < -0.3 is 15.2 Å². The van der Waals surface area contributed by atoms with Crippen LogP contribution >= 0.6 is 23.2 Å². The number of carbonyl (C=O) groups is 1. The van der Waals surface area contributed by atoms with Crippen LogP contribution in [0.15, 0.2) is 47.9 Å². The average molecular weight is 499 g/mol. The molecule has 178 valence electrons. The number of nitrogens with two attached hydrogens (primary N) is 1. The second-order valence-corrected chi connectivity index (χ2v) is 9.91. The van der Waals surface area contributed by atoms with Crippen molar-refractivity contribution in [3.05, 3.63) is 69.0 Å². The molecule has 1 atom stereocenters. The first kappa shape index (κ1) is 24.4. The highest BCUT2D eigenvalue weighted by Gasteiger charge is 2.33. The minimum Gasteiger partial charge on any atom is -0.440 e. The molecule has 0 amide bonds. The third-order valence-corrected chi connectivity index (χ3v) is 7.39. The highest BCUT2D eigenvalue weighted by molar-refractivity contribution is 6.35. The number of allylic oxidation sites excluding steroid dienone is 1. The van der Waals surface area contributed by atoms with Gasteiger partial charge in [0.25, 0.3) is 0 Å². The average Bonchev–Trinajstić information content (AvgIpc) is 2.82. The molecule has 0 radical (unpaired) electrons. The number of hydrogen-bond donors (Lipinski definition) is 1. The number of fused-ring (bicyclic) bond motifs is 1. The number of ether oxygens (including phenoxy) is 2. The quantitative estimate of drug-likeness (QED) is 0.338. The predicted molar refractivity (Wildman–Crippen MR) is 133 cm³/mol. The Hall–Kier alpha value is -2.68. The van der Waals surface area contributed by atoms with Crippen molar-refractivity contribution in [1.82, 2.24) is 0 Å². The highest BCUT2D eigenvalue weighted by Crippen LogP contribution is 2.45. The lowest BCUT2D eigenvalue weighted by Gasteiger charge is -2.28. The zero-order valence-electron chi connectivity index (χ0n) is 19.2. The van der Waals surface area contributed by atoms with Gasteiger partial charge in [-0.25, -0.2) is 0 Å². The van der Waals surface area contributed by atoms with Gasteiger partial charge in [0.1, 0.15) is 23.1 Å². The predicted octanol–water partition coefficient (Wildman–Crippen LogP) is 7.11. The lowest BCUT2D eigenvalue weighted by atomic mass is 9.80. The molecule has 2 N–H and O–H groups in total. The molecule has 1 fully saturated rings. The summed E-state index contributed by atoms with van der Waals surface area (Å²) < 4.78 is 11.5. The molecule has 5 nitrogen and oxygen atoms in total. The molecule has 1 saturated carbocycles. The van der Waals surface area contributed by atoms with Gasteiger partial charge in [0.15, 0.2) is 0 Å². The van der Waals surface area contributed by atoms with Crippen molar-refractivity contribution in [1.29, 1.82) is 5.26 Å². The topological polar surface area (TPSA) is 85.3 Å². The van der Waals surface area contributed by atoms with E-state index in [1.807, 2.05) is 0 Å². The Labute approximate surface area is 210 Å². The number of rotatable bonds is 6. The number of carbonyl (C=O) groups excluding carboxylic acids is 1. The summed E-state index contributed by atoms with van der Waals surface area (Å²) in [5.41, 5.74) is 7.76. The molecule has 1 unspecified atom stereocenters. The highest BCUT2D eigenvalue weighted by atomic mass is 35.5. The molecule has 1 aliphatic carbocycles. The normalized spacial score (nSPS) is 21.9. The summed E-state index contributed by atoms with van der Waals surface area (Å²) >= 11 is 12.5. The Morgan fingerprint density at radius 1 is 1.15 bits per heavy atom. The Morgan fingerprint density at radius 3 is 2.56 bits per heavy atom. The van der Waals surface area contributed by atoms with Gasteiger partial charge in [-0.05, 0) is 55.4 Å². The third kappa shape index (κ3) is 5.19. The summed E-state index contributed by atoms with van der Waals surface area (Å²) in [6.07, 6.45) is 7.61. The molecule has 2 aliphatic rings. The molecule has 0 aromatic heterocycles. The van der Waals surface area contributed by atoms with E-state index in [-0.39, 0.29) is 23.3 Å². The maximum Gasteiger partial charge on any atom is 0.314 e. The number of esters is 1. The van der Waals surface area contributed by atoms with Crippen LogP contribution in [-0.2, 0) is 4.79 Å². The van der Waals surface area contributed by atoms with Gasteiger partial charge in [-0.1, -0.05) is 61.5 Å². The van der Waals surface area contributed by atoms with E-state index in [9.17, 15) is 10.1 Å². The molecule has 1 aliphatic heterocycles. The summed E-state index contributed by atoms with van der Waals surface area (Å²) in [7, 11) is 0. The Bertz CT molecular complexity index is 1150. The molecule has 1 heterocycles. The standard InChI is InChI=1S/C27H28Cl2N2O3/c1-2-3-4-16-5-7-17(8-6-16)27(32)33-19-10-12-21-24(14-19)34-26(31)22(15-30)25(21)20-11-9-18(28)13-23(20)29/h9-14,16-17,25H,2-8,31H2,1H3. The molecule has 0 spiro atoms. The molecule has 4 rings (SSSR count). The van der Waals surface area contributed by atoms with Crippen molar-refractivity contribution in [2.45, 2.75) is 57.8 Å². The fourth-order valence-corrected chi connectivity index (χ4v) is 5.45. The van der Waals surface area contributed by atoms with Crippen molar-refractivity contribution in [2.24, 2.45) is 17.6 Å². The zero-order valence-corrected chi connectivity index (χ0v) is 20.7. The number of halogens is 2. The first-order valence-corrected chi connectivity index (χ1v) is 12.5. The fraction of sp³-hybridized carbons (Fsp3) is 0.407. The minimum absolute atomic E-state index is 0.0000974. The molecule has 7 heteroatoms. The molecule has 2 aromatic carbocycles. The number of benzene rings is 2. The zero-order chi connectivity index (χ0) is 24.2. The minimum atomic E-state index is -0.512. The largest absolute Gasteiger partial charge is 0.440 e. The summed E-state index contributed by atoms with van der Waals surface area (Å²) in [4.78, 5) is 12.8. The van der Waals surface area contributed by atoms with E-state index in [1.54, 1.807) is 36.4 Å². The third-order valence-electron chi connectivity index (χ3n) is 6.83. The van der Waals surface area contributed by atoms with Crippen LogP contribution in [0.1, 0.15) is 68.9 Å². The van der Waals surface area contributed by atoms with Crippen molar-refractivity contribution in [3.8, 4) is 17.6 Å². The Balaban J connectivity index is 1.53. The number of nitrogens with zero attached hydrogens (tertiary/aromatic N) is 1. The molecule has 34 heavy (non-hydrogen) atoms. The SMILES string of the molecule is CCCCC1CCC(C(=O)Oc2ccc3c(c2)OC(N)=C(C#N)C3c2ccc(Cl)cc2Cl)CC1. The molecular formula is C27H28Cl2N2O3. The molecular weight excluding hydrogens is 471 g/mol. The van der Waals surface area contributed by atoms with E-state index in [2.05, 4.69) is 13.0 Å². The molecule has 2 aromatic rings. The van der Waals surface area contributed by atoms with Gasteiger partial charge in [-0.3, -0.25) is 4.79 Å². The lowest BCUT2D eigenvalue weighted by Crippen LogP contribution is -2.26. The number of unbranched alkanes of at least 4 members (excludes halogenated alkanes) is 1. The van der Waals surface area contributed by atoms with Crippen LogP contribution in [0.2, 0.25) is 10.0 Å². The summed E-state index contributed by atoms with van der Waals surface area (Å²) in [5, 5.41) is 10.7. The van der Waals surface area contributed by atoms with Crippen molar-refractivity contribution < 1.29 is 14.3 Å². The van der Waals surface area contributed by atoms with Gasteiger partial charge >= 0.3 is 5.97 Å². The van der Waals surface area contributed by atoms with Crippen LogP contribution in [-0.4, -0.2) is 5.97 Å². The first-order valence-electron chi connectivity index (χ1n) is 11.8. The number of hydrogen-bond acceptors (Lipinski definition) is 5. The van der Waals surface area contributed by atoms with E-state index in [0.717, 1.165) is 31.6 Å². The fourth-order valence-electron chi connectivity index (χ4n) is 4.93. The molecule has 0 bridgehead atoms. The summed E-state index contributed by atoms with van der Waals surface area (Å²) in [6.45, 7) is 2.21. The lowest BCUT2D eigenvalue weighted by molar-refractivity contribution is -0.140. The second-order valence-electron chi connectivity index (χ2n) is 9.07. The second kappa shape index (κ2) is 10.7. The van der Waals surface area contributed by atoms with E-state index in [1.165, 1.54) is 19.3 Å². The first-order chi connectivity index (χ1) is 16.4. The van der Waals surface area contributed by atoms with Crippen molar-refractivity contribution >= 4 is 29.2 Å². The van der Waals surface area contributed by atoms with E-state index < -0.39 is 5.92 Å². The van der Waals surface area contributed by atoms with Gasteiger partial charge in [-0.15, -0.1) is 0 Å². The Kier molecular flexibility index (Phi) is 7.70. The van der Waals surface area contributed by atoms with Gasteiger partial charge in [-0.2, -0.15) is 5.26 Å². The van der Waals surface area contributed by atoms with E-state index in [0.29, 0.717) is 32.7 Å². The van der Waals surface area contributed by atoms with Crippen molar-refractivity contribution in [2.75, 3.05) is 0 Å². The maximum absolute atomic E-state index is 12.8. The number of nitriles is 1. The smallest absolute Gasteiger partial charge is 0.314 e. The Morgan fingerprint density at radius 2 is 1.88 bits per heavy atom. The van der Waals surface area contributed by atoms with Crippen LogP contribution in [0.3, 0.4) is 0 Å². The maximum atomic E-state index is 12.8. The van der Waals surface area contributed by atoms with Crippen LogP contribution in [0.5, 0.6) is 11.5 Å². The van der Waals surface area contributed by atoms with Gasteiger partial charge in [0.05, 0.1) is 11.8 Å². The van der Waals surface area contributed by atoms with Crippen LogP contribution in [0, 0.1) is 23.2 Å². The van der Waals surface area contributed by atoms with Crippen LogP contribution < -0.4 is 15.2 Å². The van der Waals surface area contributed by atoms with E-state index in [4.69, 9.17) is 38.4 Å². The summed E-state index contributed by atoms with van der Waals surface area (Å²) in [5.74, 6) is 0.754. The van der Waals surface area contributed by atoms with Crippen LogP contribution in [0.25, 0.3) is 0 Å². The van der Waals surface area contributed by atoms with Crippen LogP contribution in [0.4, 0.5) is 0 Å². The van der Waals surface area contributed by atoms with E-state index >= 15 is 0 Å². The monoisotopic (exact) mass is 498 g/mol. The van der Waals surface area contributed by atoms with Gasteiger partial charge in [0, 0.05) is 21.7 Å². The van der Waals surface area contributed by atoms with Gasteiger partial charge in [0.2, 0.25) is 5.88 Å². The summed E-state index contributed by atoms with van der Waals surface area (Å²) in [6, 6.07) is 12.4. The van der Waals surface area contributed by atoms with Crippen molar-refractivity contribution in [3.63, 3.8) is 0 Å². The molecule has 0 saturated heterocycles.